The molecule has 5 heteroatoms. The molecule has 4 N–H and O–H groups in total. The Kier molecular flexibility index (Phi) is 7.94. The lowest BCUT2D eigenvalue weighted by Gasteiger charge is -2.22. The zero-order valence-electron chi connectivity index (χ0n) is 19.0. The average molecular weight is 433 g/mol. The molecule has 1 atom stereocenters. The highest BCUT2D eigenvalue weighted by molar-refractivity contribution is 5.62. The normalized spacial score (nSPS) is 17.7. The van der Waals surface area contributed by atoms with Crippen molar-refractivity contribution in [1.82, 2.24) is 9.97 Å². The Morgan fingerprint density at radius 3 is 2.62 bits per heavy atom. The van der Waals surface area contributed by atoms with Crippen molar-refractivity contribution in [2.75, 3.05) is 11.1 Å². The second-order valence-electron chi connectivity index (χ2n) is 9.17. The molecule has 2 aliphatic carbocycles. The molecular weight excluding hydrogens is 396 g/mol. The van der Waals surface area contributed by atoms with E-state index in [2.05, 4.69) is 28.5 Å². The maximum absolute atomic E-state index is 10.6. The maximum atomic E-state index is 10.6. The number of hydrogen-bond acceptors (Lipinski definition) is 5. The number of nitrogens with one attached hydrogen (secondary N) is 1. The zero-order chi connectivity index (χ0) is 22.2. The first-order valence-electron chi connectivity index (χ1n) is 12.2. The van der Waals surface area contributed by atoms with Gasteiger partial charge in [0, 0.05) is 11.3 Å². The van der Waals surface area contributed by atoms with E-state index in [0.717, 1.165) is 60.7 Å². The number of benzene rings is 1. The van der Waals surface area contributed by atoms with Crippen molar-refractivity contribution in [3.05, 3.63) is 60.0 Å². The highest BCUT2D eigenvalue weighted by atomic mass is 16.3. The number of aryl methyl sites for hydroxylation is 1. The van der Waals surface area contributed by atoms with Gasteiger partial charge >= 0.3 is 0 Å². The van der Waals surface area contributed by atoms with Crippen LogP contribution in [0.1, 0.15) is 69.9 Å². The topological polar surface area (TPSA) is 84.1 Å². The van der Waals surface area contributed by atoms with Gasteiger partial charge in [0.15, 0.2) is 0 Å². The lowest BCUT2D eigenvalue weighted by Crippen LogP contribution is -2.21. The number of nitrogen functional groups attached to an aromatic ring is 1. The summed E-state index contributed by atoms with van der Waals surface area (Å²) in [6.45, 7) is 0. The van der Waals surface area contributed by atoms with Crippen LogP contribution in [-0.2, 0) is 6.42 Å². The molecule has 170 valence electrons. The summed E-state index contributed by atoms with van der Waals surface area (Å²) in [4.78, 5) is 9.64. The summed E-state index contributed by atoms with van der Waals surface area (Å²) in [6.07, 6.45) is 20.2. The van der Waals surface area contributed by atoms with E-state index in [9.17, 15) is 5.11 Å². The van der Waals surface area contributed by atoms with Crippen LogP contribution in [0.2, 0.25) is 0 Å². The van der Waals surface area contributed by atoms with Gasteiger partial charge in [-0.05, 0) is 56.6 Å². The van der Waals surface area contributed by atoms with Gasteiger partial charge in [0.05, 0.1) is 17.6 Å². The van der Waals surface area contributed by atoms with Gasteiger partial charge in [0.1, 0.15) is 12.0 Å². The van der Waals surface area contributed by atoms with Gasteiger partial charge in [-0.25, -0.2) is 9.97 Å². The van der Waals surface area contributed by atoms with Gasteiger partial charge < -0.3 is 16.2 Å². The van der Waals surface area contributed by atoms with Gasteiger partial charge in [0.25, 0.3) is 0 Å². The van der Waals surface area contributed by atoms with Crippen molar-refractivity contribution in [3.8, 4) is 11.3 Å². The molecule has 1 aromatic heterocycles. The highest BCUT2D eigenvalue weighted by Crippen LogP contribution is 2.29. The quantitative estimate of drug-likeness (QED) is 0.333. The van der Waals surface area contributed by atoms with Crippen LogP contribution in [0.15, 0.2) is 54.3 Å². The lowest BCUT2D eigenvalue weighted by atomic mass is 9.86. The summed E-state index contributed by atoms with van der Waals surface area (Å²) in [5, 5.41) is 13.9. The molecule has 1 unspecified atom stereocenters. The highest BCUT2D eigenvalue weighted by Gasteiger charge is 2.17. The van der Waals surface area contributed by atoms with Crippen molar-refractivity contribution >= 4 is 11.5 Å². The molecule has 0 bridgehead atoms. The Hall–Kier alpha value is -2.66. The standard InChI is InChI=1S/C27H36N4O/c28-23-15-13-22(14-16-23)25-19-29-27(24(30-25)17-11-20-7-3-1-4-8-20)31-26(32)18-12-21-9-5-2-6-10-21/h5,9-10,13-16,19-20,26,32H,1-4,6-8,11-12,17-18,28H2,(H,29,31). The minimum absolute atomic E-state index is 0.642. The van der Waals surface area contributed by atoms with Crippen molar-refractivity contribution in [3.63, 3.8) is 0 Å². The Morgan fingerprint density at radius 1 is 1.06 bits per heavy atom. The lowest BCUT2D eigenvalue weighted by molar-refractivity contribution is 0.193. The zero-order valence-corrected chi connectivity index (χ0v) is 19.0. The van der Waals surface area contributed by atoms with Crippen LogP contribution < -0.4 is 11.1 Å². The van der Waals surface area contributed by atoms with Crippen molar-refractivity contribution in [2.24, 2.45) is 5.92 Å². The number of rotatable bonds is 9. The van der Waals surface area contributed by atoms with E-state index in [1.54, 1.807) is 6.20 Å². The third-order valence-electron chi connectivity index (χ3n) is 6.65. The van der Waals surface area contributed by atoms with Crippen LogP contribution >= 0.6 is 0 Å². The summed E-state index contributed by atoms with van der Waals surface area (Å²) in [5.41, 5.74) is 10.7. The Balaban J connectivity index is 1.46. The summed E-state index contributed by atoms with van der Waals surface area (Å²) < 4.78 is 0. The fourth-order valence-corrected chi connectivity index (χ4v) is 4.72. The van der Waals surface area contributed by atoms with Crippen molar-refractivity contribution < 1.29 is 5.11 Å². The molecule has 1 fully saturated rings. The first-order valence-corrected chi connectivity index (χ1v) is 12.2. The molecule has 1 heterocycles. The number of nitrogens with zero attached hydrogens (tertiary/aromatic N) is 2. The number of aromatic nitrogens is 2. The molecule has 32 heavy (non-hydrogen) atoms. The predicted octanol–water partition coefficient (Wildman–Crippen LogP) is 6.03. The third-order valence-corrected chi connectivity index (χ3v) is 6.65. The Morgan fingerprint density at radius 2 is 1.88 bits per heavy atom. The molecule has 4 rings (SSSR count). The van der Waals surface area contributed by atoms with Crippen LogP contribution in [0.25, 0.3) is 11.3 Å². The van der Waals surface area contributed by atoms with Crippen molar-refractivity contribution in [1.29, 1.82) is 0 Å². The van der Waals surface area contributed by atoms with Gasteiger partial charge in [-0.2, -0.15) is 0 Å². The molecule has 1 saturated carbocycles. The van der Waals surface area contributed by atoms with E-state index >= 15 is 0 Å². The largest absolute Gasteiger partial charge is 0.399 e. The summed E-state index contributed by atoms with van der Waals surface area (Å²) in [6, 6.07) is 7.75. The molecule has 1 aromatic carbocycles. The van der Waals surface area contributed by atoms with E-state index in [-0.39, 0.29) is 0 Å². The van der Waals surface area contributed by atoms with Gasteiger partial charge in [-0.15, -0.1) is 0 Å². The van der Waals surface area contributed by atoms with E-state index < -0.39 is 6.23 Å². The SMILES string of the molecule is Nc1ccc(-c2cnc(NC(O)CCC3=CCCC=C3)c(CCC3CCCCC3)n2)cc1. The predicted molar refractivity (Wildman–Crippen MR) is 132 cm³/mol. The molecule has 2 aliphatic rings. The monoisotopic (exact) mass is 432 g/mol. The minimum atomic E-state index is -0.642. The van der Waals surface area contributed by atoms with Crippen LogP contribution in [0, 0.1) is 5.92 Å². The van der Waals surface area contributed by atoms with Crippen molar-refractivity contribution in [2.45, 2.75) is 76.9 Å². The fraction of sp³-hybridized carbons (Fsp3) is 0.481. The Bertz CT molecular complexity index is 929. The van der Waals surface area contributed by atoms with Crippen LogP contribution in [0.5, 0.6) is 0 Å². The van der Waals surface area contributed by atoms with E-state index in [0.29, 0.717) is 12.2 Å². The molecule has 0 aliphatic heterocycles. The second-order valence-corrected chi connectivity index (χ2v) is 9.17. The number of nitrogens with two attached hydrogens (primary N) is 1. The van der Waals surface area contributed by atoms with Crippen LogP contribution in [0.3, 0.4) is 0 Å². The summed E-state index contributed by atoms with van der Waals surface area (Å²) in [7, 11) is 0. The van der Waals surface area contributed by atoms with Crippen LogP contribution in [0.4, 0.5) is 11.5 Å². The number of allylic oxidation sites excluding steroid dienone is 4. The maximum Gasteiger partial charge on any atom is 0.149 e. The molecule has 0 spiro atoms. The molecule has 2 aromatic rings. The van der Waals surface area contributed by atoms with Gasteiger partial charge in [-0.3, -0.25) is 0 Å². The molecule has 0 saturated heterocycles. The number of hydrogen-bond donors (Lipinski definition) is 3. The smallest absolute Gasteiger partial charge is 0.149 e. The summed E-state index contributed by atoms with van der Waals surface area (Å²) in [5.74, 6) is 1.48. The third kappa shape index (κ3) is 6.42. The number of aliphatic hydroxyl groups excluding tert-OH is 1. The number of aliphatic hydroxyl groups is 1. The van der Waals surface area contributed by atoms with E-state index in [1.165, 1.54) is 37.7 Å². The van der Waals surface area contributed by atoms with Gasteiger partial charge in [0.2, 0.25) is 0 Å². The fourth-order valence-electron chi connectivity index (χ4n) is 4.72. The van der Waals surface area contributed by atoms with Crippen LogP contribution in [-0.4, -0.2) is 21.3 Å². The second kappa shape index (κ2) is 11.3. The molecular formula is C27H36N4O. The summed E-state index contributed by atoms with van der Waals surface area (Å²) >= 11 is 0. The Labute approximate surface area is 191 Å². The molecule has 0 amide bonds. The first-order chi connectivity index (χ1) is 15.7. The minimum Gasteiger partial charge on any atom is -0.399 e. The molecule has 0 radical (unpaired) electrons. The average Bonchev–Trinajstić information content (AvgIpc) is 2.84. The van der Waals surface area contributed by atoms with E-state index in [4.69, 9.17) is 10.7 Å². The van der Waals surface area contributed by atoms with Gasteiger partial charge in [-0.1, -0.05) is 68.0 Å². The number of anilines is 2. The van der Waals surface area contributed by atoms with E-state index in [1.807, 2.05) is 24.3 Å². The first kappa shape index (κ1) is 22.5. The molecule has 5 nitrogen and oxygen atoms in total.